The summed E-state index contributed by atoms with van der Waals surface area (Å²) in [5.74, 6) is 1.10. The van der Waals surface area contributed by atoms with Gasteiger partial charge in [-0.2, -0.15) is 5.10 Å². The van der Waals surface area contributed by atoms with E-state index >= 15 is 0 Å². The number of nitrogens with one attached hydrogen (secondary N) is 1. The zero-order valence-corrected chi connectivity index (χ0v) is 14.9. The number of amides is 1. The summed E-state index contributed by atoms with van der Waals surface area (Å²) in [6.45, 7) is 4.72. The number of hydrazone groups is 1. The molecule has 0 radical (unpaired) electrons. The number of benzene rings is 2. The molecule has 2 aromatic rings. The number of nitrogens with zero attached hydrogens (tertiary/aromatic N) is 1. The summed E-state index contributed by atoms with van der Waals surface area (Å²) in [5, 5.41) is 4.01. The summed E-state index contributed by atoms with van der Waals surface area (Å²) in [7, 11) is 1.61. The molecular weight excluding hydrogens is 316 g/mol. The number of aryl methyl sites for hydroxylation is 1. The van der Waals surface area contributed by atoms with E-state index < -0.39 is 0 Å². The average Bonchev–Trinajstić information content (AvgIpc) is 2.62. The first-order valence-electron chi connectivity index (χ1n) is 8.35. The van der Waals surface area contributed by atoms with Crippen LogP contribution in [0.3, 0.4) is 0 Å². The van der Waals surface area contributed by atoms with Crippen molar-refractivity contribution in [2.24, 2.45) is 5.10 Å². The van der Waals surface area contributed by atoms with Crippen LogP contribution in [-0.4, -0.2) is 25.8 Å². The van der Waals surface area contributed by atoms with Gasteiger partial charge in [-0.25, -0.2) is 5.43 Å². The van der Waals surface area contributed by atoms with Gasteiger partial charge < -0.3 is 9.47 Å². The average molecular weight is 340 g/mol. The first-order chi connectivity index (χ1) is 12.1. The summed E-state index contributed by atoms with van der Waals surface area (Å²) in [4.78, 5) is 12.0. The highest BCUT2D eigenvalue weighted by atomic mass is 16.5. The second-order valence-electron chi connectivity index (χ2n) is 5.68. The van der Waals surface area contributed by atoms with Crippen LogP contribution in [0.1, 0.15) is 41.3 Å². The van der Waals surface area contributed by atoms with Crippen LogP contribution in [0.25, 0.3) is 0 Å². The van der Waals surface area contributed by atoms with Crippen LogP contribution < -0.4 is 14.9 Å². The van der Waals surface area contributed by atoms with Crippen molar-refractivity contribution in [1.82, 2.24) is 5.43 Å². The van der Waals surface area contributed by atoms with Crippen molar-refractivity contribution in [2.45, 2.75) is 26.7 Å². The quantitative estimate of drug-likeness (QED) is 0.450. The molecule has 0 bridgehead atoms. The maximum absolute atomic E-state index is 12.0. The van der Waals surface area contributed by atoms with E-state index in [1.165, 1.54) is 0 Å². The molecular formula is C20H24N2O3. The van der Waals surface area contributed by atoms with E-state index in [2.05, 4.69) is 17.5 Å². The Morgan fingerprint density at radius 2 is 1.92 bits per heavy atom. The van der Waals surface area contributed by atoms with Gasteiger partial charge in [-0.15, -0.1) is 0 Å². The number of rotatable bonds is 8. The lowest BCUT2D eigenvalue weighted by Gasteiger charge is -2.10. The number of unbranched alkanes of at least 4 members (excludes halogenated alkanes) is 1. The monoisotopic (exact) mass is 340 g/mol. The van der Waals surface area contributed by atoms with Crippen molar-refractivity contribution in [3.8, 4) is 11.5 Å². The van der Waals surface area contributed by atoms with Crippen LogP contribution >= 0.6 is 0 Å². The van der Waals surface area contributed by atoms with Crippen LogP contribution in [-0.2, 0) is 0 Å². The van der Waals surface area contributed by atoms with Crippen LogP contribution in [0.2, 0.25) is 0 Å². The Bertz CT molecular complexity index is 724. The maximum Gasteiger partial charge on any atom is 0.271 e. The zero-order valence-electron chi connectivity index (χ0n) is 14.9. The van der Waals surface area contributed by atoms with Gasteiger partial charge in [0, 0.05) is 5.56 Å². The molecule has 0 aliphatic carbocycles. The van der Waals surface area contributed by atoms with Crippen molar-refractivity contribution in [1.29, 1.82) is 0 Å². The fourth-order valence-corrected chi connectivity index (χ4v) is 2.15. The van der Waals surface area contributed by atoms with Gasteiger partial charge in [0.05, 0.1) is 19.9 Å². The summed E-state index contributed by atoms with van der Waals surface area (Å²) in [6.07, 6.45) is 3.63. The number of hydrogen-bond donors (Lipinski definition) is 1. The molecule has 1 N–H and O–H groups in total. The van der Waals surface area contributed by atoms with Crippen LogP contribution in [0, 0.1) is 6.92 Å². The predicted octanol–water partition coefficient (Wildman–Crippen LogP) is 3.95. The third-order valence-electron chi connectivity index (χ3n) is 3.64. The fraction of sp³-hybridized carbons (Fsp3) is 0.300. The number of carbonyl (C=O) groups is 1. The summed E-state index contributed by atoms with van der Waals surface area (Å²) in [6, 6.07) is 12.8. The minimum atomic E-state index is -0.246. The third-order valence-corrected chi connectivity index (χ3v) is 3.64. The molecule has 0 spiro atoms. The third kappa shape index (κ3) is 5.64. The van der Waals surface area contributed by atoms with E-state index in [0.29, 0.717) is 23.7 Å². The van der Waals surface area contributed by atoms with E-state index in [0.717, 1.165) is 24.0 Å². The molecule has 0 saturated heterocycles. The van der Waals surface area contributed by atoms with Gasteiger partial charge in [0.15, 0.2) is 11.5 Å². The Morgan fingerprint density at radius 1 is 1.16 bits per heavy atom. The van der Waals surface area contributed by atoms with Crippen LogP contribution in [0.5, 0.6) is 11.5 Å². The van der Waals surface area contributed by atoms with Crippen molar-refractivity contribution < 1.29 is 14.3 Å². The Morgan fingerprint density at radius 3 is 2.60 bits per heavy atom. The largest absolute Gasteiger partial charge is 0.493 e. The summed E-state index contributed by atoms with van der Waals surface area (Å²) in [5.41, 5.74) is 5.02. The van der Waals surface area contributed by atoms with Gasteiger partial charge in [-0.1, -0.05) is 31.0 Å². The fourth-order valence-electron chi connectivity index (χ4n) is 2.15. The lowest BCUT2D eigenvalue weighted by atomic mass is 10.1. The van der Waals surface area contributed by atoms with E-state index in [4.69, 9.17) is 9.47 Å². The summed E-state index contributed by atoms with van der Waals surface area (Å²) >= 11 is 0. The normalized spacial score (nSPS) is 10.7. The van der Waals surface area contributed by atoms with Gasteiger partial charge in [-0.3, -0.25) is 4.79 Å². The molecule has 0 saturated carbocycles. The molecule has 5 heteroatoms. The molecule has 0 aliphatic rings. The standard InChI is InChI=1S/C20H24N2O3/c1-4-5-12-25-19-13-16(8-11-18(19)24-3)14-21-22-20(23)17-9-6-15(2)7-10-17/h6-11,13-14H,4-5,12H2,1-3H3,(H,22,23)/b21-14-. The second kappa shape index (κ2) is 9.47. The number of hydrogen-bond acceptors (Lipinski definition) is 4. The molecule has 0 atom stereocenters. The van der Waals surface area contributed by atoms with Crippen LogP contribution in [0.4, 0.5) is 0 Å². The van der Waals surface area contributed by atoms with Crippen molar-refractivity contribution in [3.63, 3.8) is 0 Å². The number of methoxy groups -OCH3 is 1. The van der Waals surface area contributed by atoms with E-state index in [1.54, 1.807) is 25.5 Å². The van der Waals surface area contributed by atoms with E-state index in [9.17, 15) is 4.79 Å². The molecule has 2 aromatic carbocycles. The highest BCUT2D eigenvalue weighted by molar-refractivity contribution is 5.94. The molecule has 25 heavy (non-hydrogen) atoms. The maximum atomic E-state index is 12.0. The van der Waals surface area contributed by atoms with Crippen LogP contribution in [0.15, 0.2) is 47.6 Å². The van der Waals surface area contributed by atoms with Gasteiger partial charge >= 0.3 is 0 Å². The molecule has 2 rings (SSSR count). The predicted molar refractivity (Wildman–Crippen MR) is 99.6 cm³/mol. The highest BCUT2D eigenvalue weighted by Gasteiger charge is 2.06. The second-order valence-corrected chi connectivity index (χ2v) is 5.68. The zero-order chi connectivity index (χ0) is 18.1. The van der Waals surface area contributed by atoms with Gasteiger partial charge in [0.1, 0.15) is 0 Å². The van der Waals surface area contributed by atoms with Gasteiger partial charge in [0.2, 0.25) is 0 Å². The molecule has 5 nitrogen and oxygen atoms in total. The SMILES string of the molecule is CCCCOc1cc(/C=N\NC(=O)c2ccc(C)cc2)ccc1OC. The molecule has 1 amide bonds. The number of ether oxygens (including phenoxy) is 2. The molecule has 132 valence electrons. The first-order valence-corrected chi connectivity index (χ1v) is 8.35. The van der Waals surface area contributed by atoms with Gasteiger partial charge in [-0.05, 0) is 49.2 Å². The minimum Gasteiger partial charge on any atom is -0.493 e. The molecule has 0 aromatic heterocycles. The Hall–Kier alpha value is -2.82. The van der Waals surface area contributed by atoms with E-state index in [-0.39, 0.29) is 5.91 Å². The topological polar surface area (TPSA) is 59.9 Å². The lowest BCUT2D eigenvalue weighted by Crippen LogP contribution is -2.17. The van der Waals surface area contributed by atoms with E-state index in [1.807, 2.05) is 37.3 Å². The Labute approximate surface area is 148 Å². The highest BCUT2D eigenvalue weighted by Crippen LogP contribution is 2.27. The van der Waals surface area contributed by atoms with Crippen molar-refractivity contribution >= 4 is 12.1 Å². The molecule has 0 fully saturated rings. The molecule has 0 unspecified atom stereocenters. The lowest BCUT2D eigenvalue weighted by molar-refractivity contribution is 0.0955. The molecule has 0 aliphatic heterocycles. The van der Waals surface area contributed by atoms with Gasteiger partial charge in [0.25, 0.3) is 5.91 Å². The number of carbonyl (C=O) groups excluding carboxylic acids is 1. The smallest absolute Gasteiger partial charge is 0.271 e. The minimum absolute atomic E-state index is 0.246. The van der Waals surface area contributed by atoms with Crippen molar-refractivity contribution in [3.05, 3.63) is 59.2 Å². The molecule has 0 heterocycles. The van der Waals surface area contributed by atoms with Crippen molar-refractivity contribution in [2.75, 3.05) is 13.7 Å². The first kappa shape index (κ1) is 18.5. The Kier molecular flexibility index (Phi) is 7.01. The summed E-state index contributed by atoms with van der Waals surface area (Å²) < 4.78 is 11.0. The Balaban J connectivity index is 2.00.